The first kappa shape index (κ1) is 13.3. The lowest BCUT2D eigenvalue weighted by Crippen LogP contribution is -2.35. The van der Waals surface area contributed by atoms with Crippen LogP contribution in [0, 0.1) is 0 Å². The van der Waals surface area contributed by atoms with Crippen LogP contribution in [-0.2, 0) is 14.8 Å². The minimum Gasteiger partial charge on any atom is -0.358 e. The lowest BCUT2D eigenvalue weighted by Gasteiger charge is -2.05. The molecule has 17 heavy (non-hydrogen) atoms. The zero-order valence-electron chi connectivity index (χ0n) is 9.39. The zero-order chi connectivity index (χ0) is 12.9. The van der Waals surface area contributed by atoms with E-state index in [1.54, 1.807) is 7.05 Å². The Morgan fingerprint density at radius 2 is 1.88 bits per heavy atom. The number of carbonyl (C=O) groups excluding carboxylic acids is 1. The fraction of sp³-hybridized carbons (Fsp3) is 0.375. The van der Waals surface area contributed by atoms with Gasteiger partial charge in [-0.2, -0.15) is 0 Å². The molecular weight excluding hydrogens is 246 g/mol. The van der Waals surface area contributed by atoms with E-state index in [0.717, 1.165) is 12.4 Å². The molecule has 0 aliphatic heterocycles. The molecule has 0 aliphatic carbocycles. The van der Waals surface area contributed by atoms with Crippen LogP contribution in [0.3, 0.4) is 0 Å². The number of anilines is 1. The Balaban J connectivity index is 2.78. The second-order valence-electron chi connectivity index (χ2n) is 2.99. The van der Waals surface area contributed by atoms with E-state index in [0.29, 0.717) is 5.95 Å². The molecule has 0 spiro atoms. The molecule has 1 aromatic heterocycles. The summed E-state index contributed by atoms with van der Waals surface area (Å²) >= 11 is 0. The molecule has 94 valence electrons. The monoisotopic (exact) mass is 259 g/mol. The lowest BCUT2D eigenvalue weighted by atomic mass is 10.6. The summed E-state index contributed by atoms with van der Waals surface area (Å²) in [5.74, 6) is -0.114. The van der Waals surface area contributed by atoms with E-state index in [9.17, 15) is 13.2 Å². The molecule has 0 atom stereocenters. The van der Waals surface area contributed by atoms with Gasteiger partial charge < -0.3 is 10.6 Å². The van der Waals surface area contributed by atoms with Gasteiger partial charge in [0.2, 0.25) is 21.9 Å². The van der Waals surface area contributed by atoms with Crippen molar-refractivity contribution in [2.45, 2.75) is 4.90 Å². The number of nitrogens with zero attached hydrogens (tertiary/aromatic N) is 2. The maximum atomic E-state index is 11.7. The summed E-state index contributed by atoms with van der Waals surface area (Å²) in [6.07, 6.45) is 2.32. The topological polar surface area (TPSA) is 113 Å². The molecule has 0 saturated heterocycles. The average molecular weight is 259 g/mol. The van der Waals surface area contributed by atoms with E-state index in [-0.39, 0.29) is 11.4 Å². The van der Waals surface area contributed by atoms with Crippen molar-refractivity contribution in [2.24, 2.45) is 0 Å². The van der Waals surface area contributed by atoms with Crippen molar-refractivity contribution >= 4 is 21.9 Å². The normalized spacial score (nSPS) is 10.9. The number of rotatable bonds is 5. The Hall–Kier alpha value is -1.74. The molecule has 9 heteroatoms. The van der Waals surface area contributed by atoms with Gasteiger partial charge in [0, 0.05) is 14.1 Å². The number of carbonyl (C=O) groups is 1. The van der Waals surface area contributed by atoms with E-state index < -0.39 is 15.9 Å². The van der Waals surface area contributed by atoms with Crippen LogP contribution in [-0.4, -0.2) is 44.9 Å². The highest BCUT2D eigenvalue weighted by atomic mass is 32.2. The van der Waals surface area contributed by atoms with E-state index in [1.807, 2.05) is 0 Å². The quantitative estimate of drug-likeness (QED) is 0.596. The van der Waals surface area contributed by atoms with E-state index in [1.165, 1.54) is 7.05 Å². The highest BCUT2D eigenvalue weighted by Gasteiger charge is 2.15. The Morgan fingerprint density at radius 3 is 2.35 bits per heavy atom. The number of hydrogen-bond acceptors (Lipinski definition) is 6. The fourth-order valence-electron chi connectivity index (χ4n) is 0.916. The number of amides is 1. The maximum Gasteiger partial charge on any atom is 0.244 e. The minimum atomic E-state index is -3.75. The van der Waals surface area contributed by atoms with Crippen LogP contribution in [0.2, 0.25) is 0 Å². The van der Waals surface area contributed by atoms with Crippen molar-refractivity contribution in [2.75, 3.05) is 26.0 Å². The average Bonchev–Trinajstić information content (AvgIpc) is 2.36. The van der Waals surface area contributed by atoms with E-state index in [2.05, 4.69) is 25.3 Å². The van der Waals surface area contributed by atoms with Gasteiger partial charge in [-0.1, -0.05) is 0 Å². The molecule has 0 unspecified atom stereocenters. The Bertz CT molecular complexity index is 484. The van der Waals surface area contributed by atoms with Crippen molar-refractivity contribution in [1.82, 2.24) is 20.0 Å². The first-order valence-electron chi connectivity index (χ1n) is 4.69. The SMILES string of the molecule is CNC(=O)CNS(=O)(=O)c1cnc(NC)nc1. The summed E-state index contributed by atoms with van der Waals surface area (Å²) in [6, 6.07) is 0. The molecule has 0 aromatic carbocycles. The van der Waals surface area contributed by atoms with Crippen molar-refractivity contribution in [3.63, 3.8) is 0 Å². The summed E-state index contributed by atoms with van der Waals surface area (Å²) in [4.78, 5) is 18.4. The van der Waals surface area contributed by atoms with Crippen LogP contribution in [0.1, 0.15) is 0 Å². The first-order chi connectivity index (χ1) is 7.99. The van der Waals surface area contributed by atoms with Gasteiger partial charge in [0.1, 0.15) is 4.90 Å². The molecule has 1 rings (SSSR count). The molecule has 0 aliphatic rings. The number of sulfonamides is 1. The fourth-order valence-corrected chi connectivity index (χ4v) is 1.79. The van der Waals surface area contributed by atoms with Gasteiger partial charge in [-0.3, -0.25) is 4.79 Å². The Kier molecular flexibility index (Phi) is 4.35. The van der Waals surface area contributed by atoms with Gasteiger partial charge in [0.05, 0.1) is 18.9 Å². The molecule has 1 aromatic rings. The summed E-state index contributed by atoms with van der Waals surface area (Å²) < 4.78 is 25.4. The number of likely N-dealkylation sites (N-methyl/N-ethyl adjacent to an activating group) is 1. The van der Waals surface area contributed by atoms with Gasteiger partial charge in [0.25, 0.3) is 0 Å². The highest BCUT2D eigenvalue weighted by Crippen LogP contribution is 2.06. The smallest absolute Gasteiger partial charge is 0.244 e. The van der Waals surface area contributed by atoms with Gasteiger partial charge in [-0.25, -0.2) is 23.1 Å². The van der Waals surface area contributed by atoms with Crippen LogP contribution in [0.4, 0.5) is 5.95 Å². The molecule has 0 saturated carbocycles. The molecule has 1 heterocycles. The van der Waals surface area contributed by atoms with Crippen molar-refractivity contribution in [3.05, 3.63) is 12.4 Å². The van der Waals surface area contributed by atoms with Crippen molar-refractivity contribution < 1.29 is 13.2 Å². The molecule has 1 amide bonds. The minimum absolute atomic E-state index is 0.0968. The summed E-state index contributed by atoms with van der Waals surface area (Å²) in [5, 5.41) is 4.96. The van der Waals surface area contributed by atoms with Crippen LogP contribution in [0.15, 0.2) is 17.3 Å². The summed E-state index contributed by atoms with van der Waals surface area (Å²) in [6.45, 7) is -0.327. The van der Waals surface area contributed by atoms with E-state index in [4.69, 9.17) is 0 Å². The predicted molar refractivity (Wildman–Crippen MR) is 60.8 cm³/mol. The lowest BCUT2D eigenvalue weighted by molar-refractivity contribution is -0.119. The standard InChI is InChI=1S/C8H13N5O3S/c1-9-7(14)5-13-17(15,16)6-3-11-8(10-2)12-4-6/h3-4,13H,5H2,1-2H3,(H,9,14)(H,10,11,12). The van der Waals surface area contributed by atoms with E-state index >= 15 is 0 Å². The predicted octanol–water partition coefficient (Wildman–Crippen LogP) is -1.46. The molecule has 8 nitrogen and oxygen atoms in total. The second-order valence-corrected chi connectivity index (χ2v) is 4.76. The highest BCUT2D eigenvalue weighted by molar-refractivity contribution is 7.89. The number of hydrogen-bond donors (Lipinski definition) is 3. The van der Waals surface area contributed by atoms with Crippen molar-refractivity contribution in [1.29, 1.82) is 0 Å². The van der Waals surface area contributed by atoms with Gasteiger partial charge in [0.15, 0.2) is 0 Å². The third-order valence-electron chi connectivity index (χ3n) is 1.86. The number of nitrogens with one attached hydrogen (secondary N) is 3. The second kappa shape index (κ2) is 5.55. The molecular formula is C8H13N5O3S. The third kappa shape index (κ3) is 3.64. The van der Waals surface area contributed by atoms with Gasteiger partial charge in [-0.15, -0.1) is 0 Å². The zero-order valence-corrected chi connectivity index (χ0v) is 10.2. The molecule has 0 bridgehead atoms. The summed E-state index contributed by atoms with van der Waals surface area (Å²) in [5.41, 5.74) is 0. The number of aromatic nitrogens is 2. The Morgan fingerprint density at radius 1 is 1.29 bits per heavy atom. The van der Waals surface area contributed by atoms with Gasteiger partial charge in [-0.05, 0) is 0 Å². The molecule has 0 fully saturated rings. The van der Waals surface area contributed by atoms with Crippen LogP contribution in [0.25, 0.3) is 0 Å². The molecule has 0 radical (unpaired) electrons. The maximum absolute atomic E-state index is 11.7. The Labute approximate surface area is 98.9 Å². The van der Waals surface area contributed by atoms with Crippen molar-refractivity contribution in [3.8, 4) is 0 Å². The summed E-state index contributed by atoms with van der Waals surface area (Å²) in [7, 11) is -0.718. The van der Waals surface area contributed by atoms with Crippen LogP contribution >= 0.6 is 0 Å². The largest absolute Gasteiger partial charge is 0.358 e. The van der Waals surface area contributed by atoms with Crippen LogP contribution in [0.5, 0.6) is 0 Å². The molecule has 3 N–H and O–H groups in total. The van der Waals surface area contributed by atoms with Gasteiger partial charge >= 0.3 is 0 Å². The van der Waals surface area contributed by atoms with Crippen LogP contribution < -0.4 is 15.4 Å². The third-order valence-corrected chi connectivity index (χ3v) is 3.22. The first-order valence-corrected chi connectivity index (χ1v) is 6.18.